The summed E-state index contributed by atoms with van der Waals surface area (Å²) in [6.45, 7) is 8.16. The van der Waals surface area contributed by atoms with Crippen molar-refractivity contribution in [1.29, 1.82) is 0 Å². The molecule has 0 atom stereocenters. The lowest BCUT2D eigenvalue weighted by Gasteiger charge is -2.23. The summed E-state index contributed by atoms with van der Waals surface area (Å²) in [6, 6.07) is 0.206. The Morgan fingerprint density at radius 1 is 1.50 bits per heavy atom. The zero-order chi connectivity index (χ0) is 11.4. The van der Waals surface area contributed by atoms with Crippen molar-refractivity contribution in [3.8, 4) is 0 Å². The highest BCUT2D eigenvalue weighted by atomic mass is 16.5. The van der Waals surface area contributed by atoms with Crippen LogP contribution in [-0.4, -0.2) is 42.6 Å². The quantitative estimate of drug-likeness (QED) is 0.710. The number of nitrogens with zero attached hydrogens (tertiary/aromatic N) is 1. The van der Waals surface area contributed by atoms with Crippen molar-refractivity contribution < 1.29 is 9.53 Å². The lowest BCUT2D eigenvalue weighted by molar-refractivity contribution is -0.136. The van der Waals surface area contributed by atoms with E-state index in [1.54, 1.807) is 11.9 Å². The summed E-state index contributed by atoms with van der Waals surface area (Å²) in [7, 11) is 1.77. The van der Waals surface area contributed by atoms with E-state index in [2.05, 4.69) is 0 Å². The largest absolute Gasteiger partial charge is 0.370 e. The molecule has 84 valence electrons. The van der Waals surface area contributed by atoms with Gasteiger partial charge in [0.25, 0.3) is 0 Å². The molecule has 0 unspecified atom stereocenters. The standard InChI is InChI=1S/C10H22N2O2/c1-8(2)12(5)9(13)6-14-7-10(3,4)11/h8H,6-7,11H2,1-5H3. The molecule has 0 saturated heterocycles. The minimum atomic E-state index is -0.378. The normalized spacial score (nSPS) is 11.9. The zero-order valence-electron chi connectivity index (χ0n) is 9.83. The van der Waals surface area contributed by atoms with Gasteiger partial charge in [0, 0.05) is 18.6 Å². The van der Waals surface area contributed by atoms with E-state index < -0.39 is 0 Å². The van der Waals surface area contributed by atoms with Crippen LogP contribution in [0.15, 0.2) is 0 Å². The molecule has 4 nitrogen and oxygen atoms in total. The lowest BCUT2D eigenvalue weighted by atomic mass is 10.1. The lowest BCUT2D eigenvalue weighted by Crippen LogP contribution is -2.40. The van der Waals surface area contributed by atoms with Gasteiger partial charge in [-0.3, -0.25) is 4.79 Å². The van der Waals surface area contributed by atoms with Crippen LogP contribution < -0.4 is 5.73 Å². The highest BCUT2D eigenvalue weighted by molar-refractivity contribution is 5.77. The van der Waals surface area contributed by atoms with Crippen LogP contribution in [0.4, 0.5) is 0 Å². The summed E-state index contributed by atoms with van der Waals surface area (Å²) in [5.41, 5.74) is 5.33. The monoisotopic (exact) mass is 202 g/mol. The topological polar surface area (TPSA) is 55.6 Å². The maximum atomic E-state index is 11.4. The molecule has 0 bridgehead atoms. The fraction of sp³-hybridized carbons (Fsp3) is 0.900. The Morgan fingerprint density at radius 3 is 2.36 bits per heavy atom. The first-order valence-corrected chi connectivity index (χ1v) is 4.86. The fourth-order valence-electron chi connectivity index (χ4n) is 0.791. The first-order chi connectivity index (χ1) is 6.24. The van der Waals surface area contributed by atoms with Gasteiger partial charge in [-0.05, 0) is 27.7 Å². The van der Waals surface area contributed by atoms with Crippen molar-refractivity contribution in [3.63, 3.8) is 0 Å². The van der Waals surface area contributed by atoms with Crippen LogP contribution in [0.2, 0.25) is 0 Å². The van der Waals surface area contributed by atoms with Crippen LogP contribution in [0.1, 0.15) is 27.7 Å². The second kappa shape index (κ2) is 5.32. The summed E-state index contributed by atoms with van der Waals surface area (Å²) in [4.78, 5) is 13.1. The minimum Gasteiger partial charge on any atom is -0.370 e. The first-order valence-electron chi connectivity index (χ1n) is 4.86. The van der Waals surface area contributed by atoms with Gasteiger partial charge in [0.1, 0.15) is 6.61 Å². The number of ether oxygens (including phenoxy) is 1. The Balaban J connectivity index is 3.75. The molecule has 0 aromatic heterocycles. The molecule has 0 aromatic carbocycles. The molecule has 0 radical (unpaired) electrons. The Bertz CT molecular complexity index is 185. The molecule has 0 heterocycles. The van der Waals surface area contributed by atoms with E-state index in [-0.39, 0.29) is 24.1 Å². The maximum Gasteiger partial charge on any atom is 0.248 e. The summed E-state index contributed by atoms with van der Waals surface area (Å²) in [5.74, 6) is -0.00995. The Kier molecular flexibility index (Phi) is 5.08. The Labute approximate surface area is 86.4 Å². The number of hydrogen-bond donors (Lipinski definition) is 1. The average Bonchev–Trinajstić information content (AvgIpc) is 2.00. The van der Waals surface area contributed by atoms with E-state index >= 15 is 0 Å². The van der Waals surface area contributed by atoms with Crippen molar-refractivity contribution in [2.24, 2.45) is 5.73 Å². The molecule has 0 aromatic rings. The van der Waals surface area contributed by atoms with Crippen LogP contribution in [0, 0.1) is 0 Å². The number of hydrogen-bond acceptors (Lipinski definition) is 3. The molecule has 0 rings (SSSR count). The van der Waals surface area contributed by atoms with Crippen molar-refractivity contribution in [3.05, 3.63) is 0 Å². The van der Waals surface area contributed by atoms with Gasteiger partial charge in [0.05, 0.1) is 6.61 Å². The van der Waals surface area contributed by atoms with Gasteiger partial charge in [0.2, 0.25) is 5.91 Å². The number of likely N-dealkylation sites (N-methyl/N-ethyl adjacent to an activating group) is 1. The third-order valence-electron chi connectivity index (χ3n) is 1.87. The molecule has 0 fully saturated rings. The third-order valence-corrected chi connectivity index (χ3v) is 1.87. The van der Waals surface area contributed by atoms with Gasteiger partial charge in [-0.2, -0.15) is 0 Å². The molecular weight excluding hydrogens is 180 g/mol. The molecule has 0 aliphatic carbocycles. The molecule has 0 aliphatic heterocycles. The number of amides is 1. The van der Waals surface area contributed by atoms with Crippen LogP contribution in [0.5, 0.6) is 0 Å². The minimum absolute atomic E-state index is 0.00995. The van der Waals surface area contributed by atoms with Crippen LogP contribution in [-0.2, 0) is 9.53 Å². The predicted molar refractivity (Wildman–Crippen MR) is 57.0 cm³/mol. The smallest absolute Gasteiger partial charge is 0.248 e. The summed E-state index contributed by atoms with van der Waals surface area (Å²) >= 11 is 0. The van der Waals surface area contributed by atoms with Gasteiger partial charge >= 0.3 is 0 Å². The molecule has 0 aliphatic rings. The first kappa shape index (κ1) is 13.4. The van der Waals surface area contributed by atoms with Crippen molar-refractivity contribution in [2.45, 2.75) is 39.3 Å². The third kappa shape index (κ3) is 5.94. The van der Waals surface area contributed by atoms with Gasteiger partial charge < -0.3 is 15.4 Å². The van der Waals surface area contributed by atoms with Crippen LogP contribution in [0.3, 0.4) is 0 Å². The summed E-state index contributed by atoms with van der Waals surface area (Å²) in [5, 5.41) is 0. The predicted octanol–water partition coefficient (Wildman–Crippen LogP) is 0.607. The Morgan fingerprint density at radius 2 is 2.00 bits per heavy atom. The van der Waals surface area contributed by atoms with Crippen molar-refractivity contribution in [2.75, 3.05) is 20.3 Å². The zero-order valence-corrected chi connectivity index (χ0v) is 9.83. The van der Waals surface area contributed by atoms with Crippen LogP contribution >= 0.6 is 0 Å². The average molecular weight is 202 g/mol. The van der Waals surface area contributed by atoms with Crippen molar-refractivity contribution >= 4 is 5.91 Å². The Hall–Kier alpha value is -0.610. The number of carbonyl (C=O) groups is 1. The number of rotatable bonds is 5. The maximum absolute atomic E-state index is 11.4. The van der Waals surface area contributed by atoms with E-state index in [9.17, 15) is 4.79 Å². The highest BCUT2D eigenvalue weighted by Gasteiger charge is 2.15. The van der Waals surface area contributed by atoms with E-state index in [0.29, 0.717) is 6.61 Å². The van der Waals surface area contributed by atoms with Gasteiger partial charge in [-0.25, -0.2) is 0 Å². The SMILES string of the molecule is CC(C)N(C)C(=O)COCC(C)(C)N. The number of nitrogens with two attached hydrogens (primary N) is 1. The van der Waals surface area contributed by atoms with Gasteiger partial charge in [0.15, 0.2) is 0 Å². The van der Waals surface area contributed by atoms with E-state index in [0.717, 1.165) is 0 Å². The van der Waals surface area contributed by atoms with E-state index in [1.165, 1.54) is 0 Å². The molecule has 4 heteroatoms. The van der Waals surface area contributed by atoms with Crippen molar-refractivity contribution in [1.82, 2.24) is 4.90 Å². The molecule has 2 N–H and O–H groups in total. The molecule has 14 heavy (non-hydrogen) atoms. The van der Waals surface area contributed by atoms with Crippen LogP contribution in [0.25, 0.3) is 0 Å². The molecule has 0 saturated carbocycles. The number of carbonyl (C=O) groups excluding carboxylic acids is 1. The second-order valence-corrected chi connectivity index (χ2v) is 4.58. The van der Waals surface area contributed by atoms with E-state index in [1.807, 2.05) is 27.7 Å². The summed E-state index contributed by atoms with van der Waals surface area (Å²) in [6.07, 6.45) is 0. The van der Waals surface area contributed by atoms with Gasteiger partial charge in [-0.15, -0.1) is 0 Å². The van der Waals surface area contributed by atoms with E-state index in [4.69, 9.17) is 10.5 Å². The second-order valence-electron chi connectivity index (χ2n) is 4.58. The van der Waals surface area contributed by atoms with Gasteiger partial charge in [-0.1, -0.05) is 0 Å². The highest BCUT2D eigenvalue weighted by Crippen LogP contribution is 1.99. The molecule has 1 amide bonds. The molecule has 0 spiro atoms. The summed E-state index contributed by atoms with van der Waals surface area (Å²) < 4.78 is 5.21. The fourth-order valence-corrected chi connectivity index (χ4v) is 0.791. The molecular formula is C10H22N2O2.